The van der Waals surface area contributed by atoms with Gasteiger partial charge in [0, 0.05) is 6.54 Å². The van der Waals surface area contributed by atoms with Crippen LogP contribution >= 0.6 is 0 Å². The molecule has 2 aliphatic rings. The zero-order valence-corrected chi connectivity index (χ0v) is 16.9. The number of carbonyl (C=O) groups excluding carboxylic acids is 1. The molecule has 0 radical (unpaired) electrons. The molecule has 2 saturated heterocycles. The van der Waals surface area contributed by atoms with E-state index in [9.17, 15) is 4.79 Å². The van der Waals surface area contributed by atoms with E-state index in [1.165, 1.54) is 0 Å². The molecule has 2 fully saturated rings. The van der Waals surface area contributed by atoms with Crippen molar-refractivity contribution in [3.63, 3.8) is 0 Å². The van der Waals surface area contributed by atoms with E-state index in [1.54, 1.807) is 4.90 Å². The number of furan rings is 1. The van der Waals surface area contributed by atoms with Crippen molar-refractivity contribution in [1.82, 2.24) is 4.90 Å². The first-order chi connectivity index (χ1) is 11.9. The number of likely N-dealkylation sites (tertiary alicyclic amines) is 1. The summed E-state index contributed by atoms with van der Waals surface area (Å²) in [5, 5.41) is 0. The monoisotopic (exact) mass is 363 g/mol. The molecule has 3 heterocycles. The number of amides is 1. The van der Waals surface area contributed by atoms with E-state index in [2.05, 4.69) is 0 Å². The molecule has 144 valence electrons. The number of nitrogens with zero attached hydrogens (tertiary/aromatic N) is 1. The molecular formula is C19H30BNO5. The third kappa shape index (κ3) is 3.65. The molecule has 1 atom stereocenters. The predicted molar refractivity (Wildman–Crippen MR) is 99.3 cm³/mol. The van der Waals surface area contributed by atoms with E-state index >= 15 is 0 Å². The molecule has 0 bridgehead atoms. The first-order valence-corrected chi connectivity index (χ1v) is 9.34. The van der Waals surface area contributed by atoms with Gasteiger partial charge in [0.2, 0.25) is 0 Å². The molecule has 1 aromatic heterocycles. The smallest absolute Gasteiger partial charge is 0.467 e. The van der Waals surface area contributed by atoms with Crippen molar-refractivity contribution >= 4 is 18.9 Å². The summed E-state index contributed by atoms with van der Waals surface area (Å²) < 4.78 is 23.7. The van der Waals surface area contributed by atoms with Crippen LogP contribution in [0.2, 0.25) is 0 Å². The maximum Gasteiger partial charge on any atom is 0.532 e. The molecule has 1 aromatic rings. The first-order valence-electron chi connectivity index (χ1n) is 9.34. The van der Waals surface area contributed by atoms with Crippen LogP contribution in [0.1, 0.15) is 73.1 Å². The quantitative estimate of drug-likeness (QED) is 0.751. The van der Waals surface area contributed by atoms with Gasteiger partial charge >= 0.3 is 13.2 Å². The summed E-state index contributed by atoms with van der Waals surface area (Å²) in [7, 11) is -0.537. The highest BCUT2D eigenvalue weighted by atomic mass is 16.7. The maximum atomic E-state index is 12.5. The number of hydrogen-bond donors (Lipinski definition) is 0. The van der Waals surface area contributed by atoms with Gasteiger partial charge in [-0.15, -0.1) is 0 Å². The van der Waals surface area contributed by atoms with Gasteiger partial charge in [-0.3, -0.25) is 4.90 Å². The number of hydrogen-bond acceptors (Lipinski definition) is 5. The van der Waals surface area contributed by atoms with Crippen LogP contribution in [-0.2, 0) is 14.0 Å². The fraction of sp³-hybridized carbons (Fsp3) is 0.737. The lowest BCUT2D eigenvalue weighted by atomic mass is 9.86. The highest BCUT2D eigenvalue weighted by Crippen LogP contribution is 2.37. The van der Waals surface area contributed by atoms with Gasteiger partial charge in [0.05, 0.1) is 17.2 Å². The molecule has 3 rings (SSSR count). The van der Waals surface area contributed by atoms with E-state index in [0.717, 1.165) is 18.6 Å². The second-order valence-corrected chi connectivity index (χ2v) is 9.16. The van der Waals surface area contributed by atoms with Gasteiger partial charge in [-0.05, 0) is 73.4 Å². The summed E-state index contributed by atoms with van der Waals surface area (Å²) in [6.07, 6.45) is 1.49. The molecule has 7 heteroatoms. The van der Waals surface area contributed by atoms with Crippen molar-refractivity contribution in [1.29, 1.82) is 0 Å². The summed E-state index contributed by atoms with van der Waals surface area (Å²) in [6, 6.07) is 3.68. The molecule has 0 spiro atoms. The van der Waals surface area contributed by atoms with Crippen molar-refractivity contribution in [3.05, 3.63) is 17.9 Å². The molecule has 0 aromatic carbocycles. The second kappa shape index (κ2) is 6.31. The Morgan fingerprint density at radius 1 is 1.19 bits per heavy atom. The number of ether oxygens (including phenoxy) is 1. The topological polar surface area (TPSA) is 61.1 Å². The lowest BCUT2D eigenvalue weighted by Gasteiger charge is -2.32. The van der Waals surface area contributed by atoms with Gasteiger partial charge in [0.1, 0.15) is 17.0 Å². The third-order valence-electron chi connectivity index (χ3n) is 5.34. The highest BCUT2D eigenvalue weighted by Gasteiger charge is 2.53. The summed E-state index contributed by atoms with van der Waals surface area (Å²) in [5.41, 5.74) is -0.711. The van der Waals surface area contributed by atoms with Crippen molar-refractivity contribution in [2.75, 3.05) is 6.54 Å². The Balaban J connectivity index is 1.74. The van der Waals surface area contributed by atoms with Crippen LogP contribution in [0, 0.1) is 0 Å². The molecule has 0 saturated carbocycles. The lowest BCUT2D eigenvalue weighted by Crippen LogP contribution is -2.41. The van der Waals surface area contributed by atoms with Crippen molar-refractivity contribution < 1.29 is 23.3 Å². The zero-order valence-electron chi connectivity index (χ0n) is 16.9. The molecule has 0 N–H and O–H groups in total. The fourth-order valence-corrected chi connectivity index (χ4v) is 3.23. The van der Waals surface area contributed by atoms with Crippen molar-refractivity contribution in [3.8, 4) is 0 Å². The average Bonchev–Trinajstić information content (AvgIpc) is 3.16. The Bertz CT molecular complexity index is 660. The summed E-state index contributed by atoms with van der Waals surface area (Å²) >= 11 is 0. The normalized spacial score (nSPS) is 25.0. The van der Waals surface area contributed by atoms with Crippen molar-refractivity contribution in [2.24, 2.45) is 0 Å². The SMILES string of the molecule is CC(C)(C)OC(=O)N1CCCC1c1ccc(B2OC(C)(C)C(C)(C)O2)o1. The van der Waals surface area contributed by atoms with Gasteiger partial charge in [-0.2, -0.15) is 0 Å². The average molecular weight is 363 g/mol. The minimum absolute atomic E-state index is 0.110. The Kier molecular flexibility index (Phi) is 4.68. The largest absolute Gasteiger partial charge is 0.532 e. The van der Waals surface area contributed by atoms with Gasteiger partial charge in [-0.1, -0.05) is 0 Å². The third-order valence-corrected chi connectivity index (χ3v) is 5.34. The van der Waals surface area contributed by atoms with Gasteiger partial charge in [0.15, 0.2) is 0 Å². The zero-order chi connectivity index (χ0) is 19.3. The van der Waals surface area contributed by atoms with Gasteiger partial charge in [0.25, 0.3) is 0 Å². The van der Waals surface area contributed by atoms with Crippen LogP contribution in [-0.4, -0.2) is 41.5 Å². The van der Waals surface area contributed by atoms with Gasteiger partial charge < -0.3 is 18.5 Å². The first kappa shape index (κ1) is 19.3. The minimum atomic E-state index is -0.537. The Morgan fingerprint density at radius 2 is 1.81 bits per heavy atom. The van der Waals surface area contributed by atoms with E-state index in [4.69, 9.17) is 18.5 Å². The molecule has 0 aliphatic carbocycles. The predicted octanol–water partition coefficient (Wildman–Crippen LogP) is 3.65. The molecule has 1 amide bonds. The van der Waals surface area contributed by atoms with Crippen LogP contribution < -0.4 is 5.66 Å². The van der Waals surface area contributed by atoms with E-state index in [0.29, 0.717) is 12.2 Å². The van der Waals surface area contributed by atoms with Crippen molar-refractivity contribution in [2.45, 2.75) is 84.2 Å². The molecule has 26 heavy (non-hydrogen) atoms. The summed E-state index contributed by atoms with van der Waals surface area (Å²) in [4.78, 5) is 14.2. The van der Waals surface area contributed by atoms with Crippen LogP contribution in [0.5, 0.6) is 0 Å². The molecule has 2 aliphatic heterocycles. The van der Waals surface area contributed by atoms with Crippen LogP contribution in [0.25, 0.3) is 0 Å². The number of carbonyl (C=O) groups is 1. The molecular weight excluding hydrogens is 333 g/mol. The van der Waals surface area contributed by atoms with E-state index < -0.39 is 23.9 Å². The van der Waals surface area contributed by atoms with E-state index in [-0.39, 0.29) is 12.1 Å². The Labute approximate surface area is 156 Å². The minimum Gasteiger partial charge on any atom is -0.467 e. The Hall–Kier alpha value is -1.47. The van der Waals surface area contributed by atoms with E-state index in [1.807, 2.05) is 60.6 Å². The molecule has 6 nitrogen and oxygen atoms in total. The standard InChI is InChI=1S/C19H30BNO5/c1-17(2,3)24-16(22)21-12-8-9-13(21)14-10-11-15(23-14)20-25-18(4,5)19(6,7)26-20/h10-11,13H,8-9,12H2,1-7H3. The fourth-order valence-electron chi connectivity index (χ4n) is 3.23. The summed E-state index contributed by atoms with van der Waals surface area (Å²) in [5.74, 6) is 0.748. The van der Waals surface area contributed by atoms with Crippen LogP contribution in [0.15, 0.2) is 16.5 Å². The number of rotatable bonds is 2. The summed E-state index contributed by atoms with van der Waals surface area (Å²) in [6.45, 7) is 14.3. The molecule has 1 unspecified atom stereocenters. The lowest BCUT2D eigenvalue weighted by molar-refractivity contribution is 0.00578. The highest BCUT2D eigenvalue weighted by molar-refractivity contribution is 6.60. The van der Waals surface area contributed by atoms with Crippen LogP contribution in [0.3, 0.4) is 0 Å². The van der Waals surface area contributed by atoms with Crippen LogP contribution in [0.4, 0.5) is 4.79 Å². The second-order valence-electron chi connectivity index (χ2n) is 9.16. The Morgan fingerprint density at radius 3 is 2.38 bits per heavy atom. The maximum absolute atomic E-state index is 12.5. The van der Waals surface area contributed by atoms with Gasteiger partial charge in [-0.25, -0.2) is 4.79 Å².